The lowest BCUT2D eigenvalue weighted by Crippen LogP contribution is -2.34. The molecule has 0 aliphatic carbocycles. The minimum Gasteiger partial charge on any atom is -0.508 e. The lowest BCUT2D eigenvalue weighted by Gasteiger charge is -2.19. The van der Waals surface area contributed by atoms with Crippen LogP contribution in [0.1, 0.15) is 25.6 Å². The van der Waals surface area contributed by atoms with E-state index in [0.29, 0.717) is 0 Å². The Balaban J connectivity index is 2.08. The number of phenolic OH excluding ortho intramolecular Hbond substituents is 1. The molecule has 1 aromatic carbocycles. The third kappa shape index (κ3) is 3.55. The number of aromatic nitrogens is 1. The van der Waals surface area contributed by atoms with Gasteiger partial charge in [-0.25, -0.2) is 4.98 Å². The molecule has 18 heavy (non-hydrogen) atoms. The SMILES string of the molecule is CC(C)(C)NCc1cnc(-c2ccc(O)cc2)s1. The van der Waals surface area contributed by atoms with Crippen molar-refractivity contribution in [1.82, 2.24) is 10.3 Å². The highest BCUT2D eigenvalue weighted by molar-refractivity contribution is 7.15. The van der Waals surface area contributed by atoms with Crippen LogP contribution in [0.15, 0.2) is 30.5 Å². The van der Waals surface area contributed by atoms with E-state index in [1.54, 1.807) is 23.5 Å². The van der Waals surface area contributed by atoms with Crippen molar-refractivity contribution >= 4 is 11.3 Å². The molecule has 2 aromatic rings. The molecule has 0 aliphatic heterocycles. The number of hydrogen-bond donors (Lipinski definition) is 2. The average molecular weight is 262 g/mol. The maximum absolute atomic E-state index is 9.26. The van der Waals surface area contributed by atoms with Crippen LogP contribution in [-0.2, 0) is 6.54 Å². The lowest BCUT2D eigenvalue weighted by molar-refractivity contribution is 0.426. The molecule has 1 aromatic heterocycles. The standard InChI is InChI=1S/C14H18N2OS/c1-14(2,3)16-9-12-8-15-13(18-12)10-4-6-11(17)7-5-10/h4-8,16-17H,9H2,1-3H3. The van der Waals surface area contributed by atoms with Gasteiger partial charge < -0.3 is 10.4 Å². The Kier molecular flexibility index (Phi) is 3.68. The number of rotatable bonds is 3. The van der Waals surface area contributed by atoms with Crippen LogP contribution in [-0.4, -0.2) is 15.6 Å². The lowest BCUT2D eigenvalue weighted by atomic mass is 10.1. The molecule has 1 heterocycles. The molecule has 0 radical (unpaired) electrons. The molecule has 0 saturated heterocycles. The molecule has 0 atom stereocenters. The summed E-state index contributed by atoms with van der Waals surface area (Å²) < 4.78 is 0. The zero-order valence-corrected chi connectivity index (χ0v) is 11.7. The highest BCUT2D eigenvalue weighted by Gasteiger charge is 2.10. The Hall–Kier alpha value is -1.39. The highest BCUT2D eigenvalue weighted by atomic mass is 32.1. The summed E-state index contributed by atoms with van der Waals surface area (Å²) in [5.74, 6) is 0.282. The van der Waals surface area contributed by atoms with Gasteiger partial charge >= 0.3 is 0 Å². The third-order valence-corrected chi connectivity index (χ3v) is 3.51. The fourth-order valence-electron chi connectivity index (χ4n) is 1.48. The monoisotopic (exact) mass is 262 g/mol. The Bertz CT molecular complexity index is 511. The third-order valence-electron chi connectivity index (χ3n) is 2.46. The quantitative estimate of drug-likeness (QED) is 0.891. The first kappa shape index (κ1) is 13.1. The second kappa shape index (κ2) is 5.08. The summed E-state index contributed by atoms with van der Waals surface area (Å²) in [6.07, 6.45) is 1.91. The minimum absolute atomic E-state index is 0.114. The molecule has 3 nitrogen and oxygen atoms in total. The van der Waals surface area contributed by atoms with Crippen molar-refractivity contribution in [1.29, 1.82) is 0 Å². The van der Waals surface area contributed by atoms with Gasteiger partial charge in [-0.2, -0.15) is 0 Å². The predicted octanol–water partition coefficient (Wildman–Crippen LogP) is 3.40. The molecule has 2 N–H and O–H groups in total. The average Bonchev–Trinajstić information content (AvgIpc) is 2.75. The summed E-state index contributed by atoms with van der Waals surface area (Å²) in [6.45, 7) is 7.28. The van der Waals surface area contributed by atoms with Gasteiger partial charge in [-0.15, -0.1) is 11.3 Å². The van der Waals surface area contributed by atoms with Gasteiger partial charge in [-0.1, -0.05) is 0 Å². The van der Waals surface area contributed by atoms with E-state index in [-0.39, 0.29) is 11.3 Å². The van der Waals surface area contributed by atoms with Crippen LogP contribution in [0, 0.1) is 0 Å². The van der Waals surface area contributed by atoms with Crippen molar-refractivity contribution in [3.8, 4) is 16.3 Å². The molecule has 96 valence electrons. The van der Waals surface area contributed by atoms with Gasteiger partial charge in [0.15, 0.2) is 0 Å². The fourth-order valence-corrected chi connectivity index (χ4v) is 2.34. The van der Waals surface area contributed by atoms with Crippen molar-refractivity contribution in [3.63, 3.8) is 0 Å². The minimum atomic E-state index is 0.114. The van der Waals surface area contributed by atoms with Gasteiger partial charge in [-0.05, 0) is 45.0 Å². The van der Waals surface area contributed by atoms with Gasteiger partial charge in [0.25, 0.3) is 0 Å². The van der Waals surface area contributed by atoms with Crippen LogP contribution >= 0.6 is 11.3 Å². The van der Waals surface area contributed by atoms with E-state index >= 15 is 0 Å². The fraction of sp³-hybridized carbons (Fsp3) is 0.357. The number of thiazole rings is 1. The first-order valence-corrected chi connectivity index (χ1v) is 6.75. The molecule has 0 aliphatic rings. The number of benzene rings is 1. The Morgan fingerprint density at radius 3 is 2.50 bits per heavy atom. The van der Waals surface area contributed by atoms with Crippen molar-refractivity contribution in [2.75, 3.05) is 0 Å². The first-order chi connectivity index (χ1) is 8.44. The molecule has 2 rings (SSSR count). The number of aromatic hydroxyl groups is 1. The maximum atomic E-state index is 9.26. The molecular weight excluding hydrogens is 244 g/mol. The smallest absolute Gasteiger partial charge is 0.123 e. The van der Waals surface area contributed by atoms with Gasteiger partial charge in [0, 0.05) is 28.7 Å². The van der Waals surface area contributed by atoms with E-state index in [1.165, 1.54) is 4.88 Å². The Morgan fingerprint density at radius 2 is 1.89 bits per heavy atom. The molecule has 0 fully saturated rings. The van der Waals surface area contributed by atoms with Crippen molar-refractivity contribution < 1.29 is 5.11 Å². The van der Waals surface area contributed by atoms with Crippen LogP contribution in [0.5, 0.6) is 5.75 Å². The summed E-state index contributed by atoms with van der Waals surface area (Å²) >= 11 is 1.68. The van der Waals surface area contributed by atoms with Crippen LogP contribution < -0.4 is 5.32 Å². The number of nitrogens with one attached hydrogen (secondary N) is 1. The van der Waals surface area contributed by atoms with Crippen LogP contribution in [0.25, 0.3) is 10.6 Å². The number of hydrogen-bond acceptors (Lipinski definition) is 4. The van der Waals surface area contributed by atoms with Crippen LogP contribution in [0.3, 0.4) is 0 Å². The van der Waals surface area contributed by atoms with Crippen molar-refractivity contribution in [2.45, 2.75) is 32.9 Å². The molecule has 0 bridgehead atoms. The Labute approximate surface area is 112 Å². The summed E-state index contributed by atoms with van der Waals surface area (Å²) in [4.78, 5) is 5.63. The number of phenols is 1. The first-order valence-electron chi connectivity index (χ1n) is 5.93. The summed E-state index contributed by atoms with van der Waals surface area (Å²) in [5, 5.41) is 13.7. The molecule has 0 amide bonds. The molecule has 0 spiro atoms. The molecule has 0 saturated carbocycles. The second-order valence-electron chi connectivity index (χ2n) is 5.28. The van der Waals surface area contributed by atoms with E-state index in [2.05, 4.69) is 31.1 Å². The molecule has 4 heteroatoms. The zero-order valence-electron chi connectivity index (χ0n) is 10.9. The van der Waals surface area contributed by atoms with E-state index < -0.39 is 0 Å². The summed E-state index contributed by atoms with van der Waals surface area (Å²) in [5.41, 5.74) is 1.16. The summed E-state index contributed by atoms with van der Waals surface area (Å²) in [6, 6.07) is 7.14. The van der Waals surface area contributed by atoms with Crippen LogP contribution in [0.4, 0.5) is 0 Å². The van der Waals surface area contributed by atoms with Gasteiger partial charge in [0.2, 0.25) is 0 Å². The van der Waals surface area contributed by atoms with E-state index in [0.717, 1.165) is 17.1 Å². The van der Waals surface area contributed by atoms with Crippen LogP contribution in [0.2, 0.25) is 0 Å². The molecule has 0 unspecified atom stereocenters. The van der Waals surface area contributed by atoms with E-state index in [1.807, 2.05) is 18.3 Å². The Morgan fingerprint density at radius 1 is 1.22 bits per heavy atom. The predicted molar refractivity (Wildman–Crippen MR) is 75.8 cm³/mol. The van der Waals surface area contributed by atoms with Crippen molar-refractivity contribution in [2.24, 2.45) is 0 Å². The van der Waals surface area contributed by atoms with Gasteiger partial charge in [0.1, 0.15) is 10.8 Å². The zero-order chi connectivity index (χ0) is 13.2. The normalized spacial score (nSPS) is 11.7. The highest BCUT2D eigenvalue weighted by Crippen LogP contribution is 2.26. The van der Waals surface area contributed by atoms with E-state index in [9.17, 15) is 5.11 Å². The largest absolute Gasteiger partial charge is 0.508 e. The molecular formula is C14H18N2OS. The second-order valence-corrected chi connectivity index (χ2v) is 6.40. The van der Waals surface area contributed by atoms with Gasteiger partial charge in [0.05, 0.1) is 0 Å². The topological polar surface area (TPSA) is 45.2 Å². The van der Waals surface area contributed by atoms with E-state index in [4.69, 9.17) is 0 Å². The maximum Gasteiger partial charge on any atom is 0.123 e. The van der Waals surface area contributed by atoms with Gasteiger partial charge in [-0.3, -0.25) is 0 Å². The summed E-state index contributed by atoms with van der Waals surface area (Å²) in [7, 11) is 0. The van der Waals surface area contributed by atoms with Crippen molar-refractivity contribution in [3.05, 3.63) is 35.3 Å². The number of nitrogens with zero attached hydrogens (tertiary/aromatic N) is 1.